The highest BCUT2D eigenvalue weighted by molar-refractivity contribution is 6.33. The summed E-state index contributed by atoms with van der Waals surface area (Å²) in [5.41, 5.74) is 1.59. The van der Waals surface area contributed by atoms with E-state index in [1.165, 1.54) is 30.5 Å². The number of benzene rings is 2. The molecule has 2 amide bonds. The van der Waals surface area contributed by atoms with Gasteiger partial charge in [-0.2, -0.15) is 18.3 Å². The molecule has 0 fully saturated rings. The van der Waals surface area contributed by atoms with Gasteiger partial charge in [0.2, 0.25) is 11.8 Å². The molecular formula is C18H14ClF4N3O2. The third kappa shape index (κ3) is 6.66. The van der Waals surface area contributed by atoms with E-state index in [4.69, 9.17) is 11.6 Å². The average Bonchev–Trinajstić information content (AvgIpc) is 2.62. The maximum Gasteiger partial charge on any atom is 0.416 e. The zero-order valence-corrected chi connectivity index (χ0v) is 14.9. The maximum absolute atomic E-state index is 12.8. The molecule has 0 aliphatic rings. The van der Waals surface area contributed by atoms with Crippen molar-refractivity contribution in [2.24, 2.45) is 5.10 Å². The van der Waals surface area contributed by atoms with Crippen LogP contribution in [0.5, 0.6) is 0 Å². The summed E-state index contributed by atoms with van der Waals surface area (Å²) in [5.74, 6) is -1.67. The van der Waals surface area contributed by atoms with Gasteiger partial charge >= 0.3 is 6.18 Å². The summed E-state index contributed by atoms with van der Waals surface area (Å²) in [5, 5.41) is 5.84. The van der Waals surface area contributed by atoms with Crippen molar-refractivity contribution in [1.29, 1.82) is 0 Å². The van der Waals surface area contributed by atoms with Crippen LogP contribution in [0.2, 0.25) is 5.02 Å². The van der Waals surface area contributed by atoms with Crippen LogP contribution in [0.4, 0.5) is 23.2 Å². The molecule has 0 spiro atoms. The fourth-order valence-electron chi connectivity index (χ4n) is 2.02. The predicted octanol–water partition coefficient (Wildman–Crippen LogP) is 4.37. The van der Waals surface area contributed by atoms with E-state index in [9.17, 15) is 27.2 Å². The number of amides is 2. The fraction of sp³-hybridized carbons (Fsp3) is 0.167. The van der Waals surface area contributed by atoms with Crippen LogP contribution in [0.25, 0.3) is 0 Å². The molecule has 0 atom stereocenters. The van der Waals surface area contributed by atoms with E-state index in [0.717, 1.165) is 12.1 Å². The highest BCUT2D eigenvalue weighted by atomic mass is 35.5. The fourth-order valence-corrected chi connectivity index (χ4v) is 2.19. The SMILES string of the molecule is O=C(CCC(=O)Nc1cc(C(F)(F)F)ccc1Cl)NN=Cc1ccc(F)cc1. The number of hydrazone groups is 1. The average molecular weight is 416 g/mol. The molecule has 28 heavy (non-hydrogen) atoms. The Morgan fingerprint density at radius 2 is 1.68 bits per heavy atom. The molecular weight excluding hydrogens is 402 g/mol. The van der Waals surface area contributed by atoms with E-state index >= 15 is 0 Å². The molecule has 10 heteroatoms. The van der Waals surface area contributed by atoms with Gasteiger partial charge in [-0.1, -0.05) is 23.7 Å². The Bertz CT molecular complexity index is 883. The molecule has 148 valence electrons. The quantitative estimate of drug-likeness (QED) is 0.418. The Hall–Kier alpha value is -2.94. The van der Waals surface area contributed by atoms with E-state index in [2.05, 4.69) is 15.8 Å². The van der Waals surface area contributed by atoms with Gasteiger partial charge in [0.05, 0.1) is 22.5 Å². The molecule has 2 rings (SSSR count). The highest BCUT2D eigenvalue weighted by Gasteiger charge is 2.31. The first-order chi connectivity index (χ1) is 13.1. The molecule has 0 aliphatic heterocycles. The molecule has 0 bridgehead atoms. The minimum Gasteiger partial charge on any atom is -0.325 e. The number of nitrogens with one attached hydrogen (secondary N) is 2. The van der Waals surface area contributed by atoms with Crippen molar-refractivity contribution >= 4 is 35.3 Å². The van der Waals surface area contributed by atoms with Crippen molar-refractivity contribution in [2.45, 2.75) is 19.0 Å². The zero-order valence-electron chi connectivity index (χ0n) is 14.2. The van der Waals surface area contributed by atoms with E-state index in [0.29, 0.717) is 11.6 Å². The van der Waals surface area contributed by atoms with Crippen LogP contribution in [-0.4, -0.2) is 18.0 Å². The van der Waals surface area contributed by atoms with Gasteiger partial charge in [-0.05, 0) is 35.9 Å². The van der Waals surface area contributed by atoms with Crippen LogP contribution in [0.3, 0.4) is 0 Å². The molecule has 0 saturated heterocycles. The molecule has 0 heterocycles. The van der Waals surface area contributed by atoms with Crippen LogP contribution in [0, 0.1) is 5.82 Å². The van der Waals surface area contributed by atoms with Crippen molar-refractivity contribution in [2.75, 3.05) is 5.32 Å². The monoisotopic (exact) mass is 415 g/mol. The lowest BCUT2D eigenvalue weighted by atomic mass is 10.2. The van der Waals surface area contributed by atoms with Crippen molar-refractivity contribution < 1.29 is 27.2 Å². The molecule has 5 nitrogen and oxygen atoms in total. The van der Waals surface area contributed by atoms with Crippen molar-refractivity contribution in [1.82, 2.24) is 5.43 Å². The molecule has 0 aromatic heterocycles. The maximum atomic E-state index is 12.8. The molecule has 0 radical (unpaired) electrons. The summed E-state index contributed by atoms with van der Waals surface area (Å²) in [7, 11) is 0. The van der Waals surface area contributed by atoms with Gasteiger partial charge in [-0.3, -0.25) is 9.59 Å². The summed E-state index contributed by atoms with van der Waals surface area (Å²) in [6.07, 6.45) is -3.82. The van der Waals surface area contributed by atoms with Crippen molar-refractivity contribution in [3.05, 3.63) is 64.4 Å². The van der Waals surface area contributed by atoms with E-state index < -0.39 is 29.4 Å². The van der Waals surface area contributed by atoms with Crippen LogP contribution in [0.1, 0.15) is 24.0 Å². The Morgan fingerprint density at radius 1 is 1.04 bits per heavy atom. The number of hydrogen-bond donors (Lipinski definition) is 2. The highest BCUT2D eigenvalue weighted by Crippen LogP contribution is 2.33. The number of rotatable bonds is 6. The lowest BCUT2D eigenvalue weighted by Crippen LogP contribution is -2.21. The Kier molecular flexibility index (Phi) is 7.11. The van der Waals surface area contributed by atoms with Crippen LogP contribution >= 0.6 is 11.6 Å². The number of halogens is 5. The number of alkyl halides is 3. The second-order valence-corrected chi connectivity index (χ2v) is 5.99. The molecule has 0 saturated carbocycles. The first-order valence-electron chi connectivity index (χ1n) is 7.89. The minimum absolute atomic E-state index is 0.0605. The number of carbonyl (C=O) groups excluding carboxylic acids is 2. The van der Waals surface area contributed by atoms with Gasteiger partial charge in [-0.25, -0.2) is 9.82 Å². The van der Waals surface area contributed by atoms with Crippen molar-refractivity contribution in [3.63, 3.8) is 0 Å². The lowest BCUT2D eigenvalue weighted by molar-refractivity contribution is -0.137. The normalized spacial score (nSPS) is 11.5. The van der Waals surface area contributed by atoms with E-state index in [1.54, 1.807) is 0 Å². The molecule has 2 aromatic rings. The summed E-state index contributed by atoms with van der Waals surface area (Å²) < 4.78 is 50.9. The van der Waals surface area contributed by atoms with Gasteiger partial charge in [0.1, 0.15) is 5.82 Å². The second-order valence-electron chi connectivity index (χ2n) is 5.59. The Morgan fingerprint density at radius 3 is 2.32 bits per heavy atom. The summed E-state index contributed by atoms with van der Waals surface area (Å²) in [4.78, 5) is 23.5. The van der Waals surface area contributed by atoms with Gasteiger partial charge in [0.25, 0.3) is 0 Å². The van der Waals surface area contributed by atoms with Crippen molar-refractivity contribution in [3.8, 4) is 0 Å². The molecule has 2 aromatic carbocycles. The number of anilines is 1. The lowest BCUT2D eigenvalue weighted by Gasteiger charge is -2.11. The Balaban J connectivity index is 1.83. The van der Waals surface area contributed by atoms with Crippen LogP contribution in [0.15, 0.2) is 47.6 Å². The van der Waals surface area contributed by atoms with Gasteiger partial charge < -0.3 is 5.32 Å². The molecule has 2 N–H and O–H groups in total. The number of carbonyl (C=O) groups is 2. The molecule has 0 aliphatic carbocycles. The Labute approximate surface area is 162 Å². The largest absolute Gasteiger partial charge is 0.416 e. The standard InChI is InChI=1S/C18H14ClF4N3O2/c19-14-6-3-12(18(21,22)23)9-15(14)25-16(27)7-8-17(28)26-24-10-11-1-4-13(20)5-2-11/h1-6,9-10H,7-8H2,(H,25,27)(H,26,28). The third-order valence-corrected chi connectivity index (χ3v) is 3.75. The summed E-state index contributed by atoms with van der Waals surface area (Å²) in [6.45, 7) is 0. The number of hydrogen-bond acceptors (Lipinski definition) is 3. The zero-order chi connectivity index (χ0) is 20.7. The first-order valence-corrected chi connectivity index (χ1v) is 8.27. The smallest absolute Gasteiger partial charge is 0.325 e. The van der Waals surface area contributed by atoms with Crippen LogP contribution in [-0.2, 0) is 15.8 Å². The minimum atomic E-state index is -4.58. The third-order valence-electron chi connectivity index (χ3n) is 3.42. The van der Waals surface area contributed by atoms with Crippen LogP contribution < -0.4 is 10.7 Å². The molecule has 0 unspecified atom stereocenters. The number of nitrogens with zero attached hydrogens (tertiary/aromatic N) is 1. The second kappa shape index (κ2) is 9.32. The van der Waals surface area contributed by atoms with Gasteiger partial charge in [-0.15, -0.1) is 0 Å². The predicted molar refractivity (Wildman–Crippen MR) is 96.5 cm³/mol. The first kappa shape index (κ1) is 21.4. The van der Waals surface area contributed by atoms with Gasteiger partial charge in [0, 0.05) is 12.8 Å². The summed E-state index contributed by atoms with van der Waals surface area (Å²) in [6, 6.07) is 7.90. The topological polar surface area (TPSA) is 70.6 Å². The van der Waals surface area contributed by atoms with E-state index in [1.807, 2.05) is 0 Å². The van der Waals surface area contributed by atoms with Gasteiger partial charge in [0.15, 0.2) is 0 Å². The summed E-state index contributed by atoms with van der Waals surface area (Å²) >= 11 is 5.79. The van der Waals surface area contributed by atoms with E-state index in [-0.39, 0.29) is 23.6 Å².